The van der Waals surface area contributed by atoms with Gasteiger partial charge in [0.15, 0.2) is 11.5 Å². The van der Waals surface area contributed by atoms with E-state index in [1.54, 1.807) is 0 Å². The van der Waals surface area contributed by atoms with Crippen LogP contribution in [-0.2, 0) is 10.8 Å². The number of fused-ring (bicyclic) bond motifs is 8. The first-order chi connectivity index (χ1) is 50.4. The van der Waals surface area contributed by atoms with Gasteiger partial charge in [0.1, 0.15) is 0 Å². The topological polar surface area (TPSA) is 15.7 Å². The Bertz CT molecular complexity index is 5610. The zero-order chi connectivity index (χ0) is 81.5. The zero-order valence-electron chi connectivity index (χ0n) is 76.3. The van der Waals surface area contributed by atoms with Crippen LogP contribution in [-0.4, -0.2) is 0 Å². The third-order valence-electron chi connectivity index (χ3n) is 31.3. The first kappa shape index (κ1) is 80.1. The van der Waals surface area contributed by atoms with Gasteiger partial charge in [0, 0.05) is 16.4 Å². The van der Waals surface area contributed by atoms with E-state index < -0.39 is 0 Å². The molecule has 0 saturated heterocycles. The van der Waals surface area contributed by atoms with Gasteiger partial charge in [-0.15, -0.1) is 0 Å². The molecule has 0 unspecified atom stereocenters. The lowest BCUT2D eigenvalue weighted by Crippen LogP contribution is -2.24. The average molecular weight is 1450 g/mol. The van der Waals surface area contributed by atoms with Gasteiger partial charge in [0.05, 0.1) is 34.1 Å². The lowest BCUT2D eigenvalue weighted by Gasteiger charge is -2.41. The molecule has 10 aromatic rings. The van der Waals surface area contributed by atoms with Crippen LogP contribution in [0.3, 0.4) is 0 Å². The second kappa shape index (κ2) is 26.7. The van der Waals surface area contributed by atoms with Gasteiger partial charge in [0.25, 0.3) is 0 Å². The summed E-state index contributed by atoms with van der Waals surface area (Å²) in [5.74, 6) is 1.97. The van der Waals surface area contributed by atoms with Gasteiger partial charge in [0.2, 0.25) is 0 Å². The van der Waals surface area contributed by atoms with E-state index in [1.165, 1.54) is 323 Å². The van der Waals surface area contributed by atoms with Crippen molar-refractivity contribution in [1.29, 1.82) is 0 Å². The molecule has 1 aliphatic heterocycles. The second-order valence-corrected chi connectivity index (χ2v) is 36.3. The van der Waals surface area contributed by atoms with E-state index in [9.17, 15) is 0 Å². The molecule has 1 heterocycles. The summed E-state index contributed by atoms with van der Waals surface area (Å²) in [6.07, 6.45) is 0. The molecule has 0 aromatic heterocycles. The highest BCUT2D eigenvalue weighted by Crippen LogP contribution is 2.64. The Morgan fingerprint density at radius 1 is 0.165 bits per heavy atom. The molecule has 10 aromatic carbocycles. The maximum absolute atomic E-state index is 7.38. The number of nitrogens with zero attached hydrogens (tertiary/aromatic N) is 2. The fourth-order valence-corrected chi connectivity index (χ4v) is 22.1. The molecule has 109 heavy (non-hydrogen) atoms. The van der Waals surface area contributed by atoms with Crippen molar-refractivity contribution in [2.24, 2.45) is 0 Å². The van der Waals surface area contributed by atoms with E-state index in [0.29, 0.717) is 0 Å². The third kappa shape index (κ3) is 10.6. The minimum atomic E-state index is -0.118. The largest absolute Gasteiger partial charge is 0.452 e. The van der Waals surface area contributed by atoms with Crippen molar-refractivity contribution < 1.29 is 4.74 Å². The predicted octanol–water partition coefficient (Wildman–Crippen LogP) is 30.7. The predicted molar refractivity (Wildman–Crippen MR) is 478 cm³/mol. The highest BCUT2D eigenvalue weighted by atomic mass is 16.5. The summed E-state index contributed by atoms with van der Waals surface area (Å²) in [7, 11) is 0. The quantitative estimate of drug-likeness (QED) is 0.165. The number of ether oxygens (including phenoxy) is 1. The molecule has 572 valence electrons. The van der Waals surface area contributed by atoms with E-state index in [4.69, 9.17) is 4.74 Å². The standard InChI is InChI=1S/C54H69N.C52H63NO/c1-24-28(5)38(15)51(39(16)29(24)6)55(52-40(17)30(7)25(2)31(8)41(52)18)53-42(19)35(12)45(36(13)43(53)20)46-33(10)34(11)48-47-32(9)26(3)27(4)37(14)49(47)54(22,23)50(48)44(46)21;1-22-25(4)34(13)47(35(14)26(22)5)53-48-36(15)27(6)28(7)38(17)50(48)54-51-40(19)42(32(11)37(16)49(51)53)41-30(9)31(10)44-43-29(8)23(2)24(3)33(12)45(43)52(20,21)46(44)39(41)18/h1-23H3;1-21H3. The van der Waals surface area contributed by atoms with E-state index >= 15 is 0 Å². The van der Waals surface area contributed by atoms with Crippen LogP contribution in [0.4, 0.5) is 34.1 Å². The van der Waals surface area contributed by atoms with E-state index in [1.807, 2.05) is 0 Å². The molecule has 3 heteroatoms. The van der Waals surface area contributed by atoms with Crippen molar-refractivity contribution in [2.45, 2.75) is 315 Å². The summed E-state index contributed by atoms with van der Waals surface area (Å²) in [5.41, 5.74) is 80.0. The van der Waals surface area contributed by atoms with E-state index in [-0.39, 0.29) is 10.8 Å². The Morgan fingerprint density at radius 2 is 0.339 bits per heavy atom. The molecule has 3 aliphatic rings. The van der Waals surface area contributed by atoms with Crippen LogP contribution >= 0.6 is 0 Å². The Hall–Kier alpha value is -8.40. The van der Waals surface area contributed by atoms with Crippen molar-refractivity contribution in [3.8, 4) is 56.0 Å². The number of hydrogen-bond donors (Lipinski definition) is 0. The first-order valence-corrected chi connectivity index (χ1v) is 40.7. The molecule has 0 amide bonds. The van der Waals surface area contributed by atoms with Crippen LogP contribution in [0.2, 0.25) is 0 Å². The number of hydrogen-bond acceptors (Lipinski definition) is 3. The van der Waals surface area contributed by atoms with Crippen molar-refractivity contribution in [3.63, 3.8) is 0 Å². The smallest absolute Gasteiger partial charge is 0.155 e. The lowest BCUT2D eigenvalue weighted by atomic mass is 9.74. The molecular weight excluding hydrogens is 1320 g/mol. The summed E-state index contributed by atoms with van der Waals surface area (Å²) < 4.78 is 7.38. The van der Waals surface area contributed by atoms with Crippen molar-refractivity contribution in [1.82, 2.24) is 0 Å². The summed E-state index contributed by atoms with van der Waals surface area (Å²) in [5, 5.41) is 0. The van der Waals surface area contributed by atoms with E-state index in [0.717, 1.165) is 11.5 Å². The molecule has 0 bridgehead atoms. The third-order valence-corrected chi connectivity index (χ3v) is 31.3. The van der Waals surface area contributed by atoms with Crippen LogP contribution in [0.5, 0.6) is 11.5 Å². The zero-order valence-corrected chi connectivity index (χ0v) is 76.3. The highest BCUT2D eigenvalue weighted by Gasteiger charge is 2.46. The Morgan fingerprint density at radius 3 is 0.661 bits per heavy atom. The van der Waals surface area contributed by atoms with Crippen LogP contribution < -0.4 is 14.5 Å². The minimum absolute atomic E-state index is 0.0929. The maximum atomic E-state index is 7.38. The normalized spacial score (nSPS) is 13.5. The summed E-state index contributed by atoms with van der Waals surface area (Å²) in [6.45, 7) is 103. The molecule has 0 atom stereocenters. The molecule has 3 nitrogen and oxygen atoms in total. The van der Waals surface area contributed by atoms with Crippen LogP contribution in [0.15, 0.2) is 0 Å². The van der Waals surface area contributed by atoms with Gasteiger partial charge in [-0.05, 0) is 561 Å². The SMILES string of the molecule is Cc1c(C)c(C)c(N(c2c(C)c(C)c(C)c(C)c2C)c2c(C)c(C)c(-c3c(C)c(C)c4c(c3C)C(C)(C)c3c(C)c(C)c(C)c(C)c3-4)c(C)c2C)c(C)c1C.Cc1c(C)c(C)c(N2c3c(C)c(C)c(C)c(C)c3Oc3c(C)c(-c4c(C)c(C)c5c(c4C)C(C)(C)c4c(C)c(C)c(C)c(C)c4-5)c(C)c(C)c32)c(C)c1C. The van der Waals surface area contributed by atoms with Crippen molar-refractivity contribution in [2.75, 3.05) is 9.80 Å². The molecule has 13 rings (SSSR count). The number of anilines is 6. The molecule has 0 N–H and O–H groups in total. The van der Waals surface area contributed by atoms with Gasteiger partial charge in [-0.2, -0.15) is 0 Å². The fourth-order valence-electron chi connectivity index (χ4n) is 22.1. The monoisotopic (exact) mass is 1450 g/mol. The second-order valence-electron chi connectivity index (χ2n) is 36.3. The molecule has 0 saturated carbocycles. The van der Waals surface area contributed by atoms with E-state index in [2.05, 4.69) is 314 Å². The van der Waals surface area contributed by atoms with Gasteiger partial charge >= 0.3 is 0 Å². The van der Waals surface area contributed by atoms with Gasteiger partial charge in [-0.3, -0.25) is 0 Å². The fraction of sp³-hybridized carbons (Fsp3) is 0.434. The minimum Gasteiger partial charge on any atom is -0.452 e. The van der Waals surface area contributed by atoms with Crippen LogP contribution in [0.1, 0.15) is 272 Å². The van der Waals surface area contributed by atoms with Crippen LogP contribution in [0, 0.1) is 277 Å². The Kier molecular flexibility index (Phi) is 19.6. The van der Waals surface area contributed by atoms with Gasteiger partial charge in [-0.25, -0.2) is 0 Å². The number of benzene rings is 10. The Labute approximate surface area is 660 Å². The van der Waals surface area contributed by atoms with Crippen molar-refractivity contribution >= 4 is 34.1 Å². The summed E-state index contributed by atoms with van der Waals surface area (Å²) in [4.78, 5) is 5.31. The molecule has 0 radical (unpaired) electrons. The maximum Gasteiger partial charge on any atom is 0.155 e. The van der Waals surface area contributed by atoms with Gasteiger partial charge in [-0.1, -0.05) is 27.7 Å². The van der Waals surface area contributed by atoms with Gasteiger partial charge < -0.3 is 14.5 Å². The number of rotatable bonds is 6. The van der Waals surface area contributed by atoms with Crippen molar-refractivity contribution in [3.05, 3.63) is 245 Å². The summed E-state index contributed by atoms with van der Waals surface area (Å²) in [6, 6.07) is 0. The summed E-state index contributed by atoms with van der Waals surface area (Å²) >= 11 is 0. The Balaban J connectivity index is 0.000000203. The highest BCUT2D eigenvalue weighted by molar-refractivity contribution is 6.01. The first-order valence-electron chi connectivity index (χ1n) is 40.7. The molecule has 0 fully saturated rings. The lowest BCUT2D eigenvalue weighted by molar-refractivity contribution is 0.468. The molecular formula is C106H132N2O. The average Bonchev–Trinajstić information content (AvgIpc) is 1.66. The molecule has 2 aliphatic carbocycles. The molecule has 0 spiro atoms. The van der Waals surface area contributed by atoms with Crippen LogP contribution in [0.25, 0.3) is 44.5 Å².